The van der Waals surface area contributed by atoms with Gasteiger partial charge in [0.1, 0.15) is 0 Å². The van der Waals surface area contributed by atoms with Crippen LogP contribution in [0.25, 0.3) is 0 Å². The lowest BCUT2D eigenvalue weighted by Gasteiger charge is -2.31. The number of carbonyl (C=O) groups is 2. The van der Waals surface area contributed by atoms with Crippen LogP contribution in [0.3, 0.4) is 0 Å². The monoisotopic (exact) mass is 380 g/mol. The molecule has 0 saturated carbocycles. The molecule has 5 nitrogen and oxygen atoms in total. The number of halogens is 1. The van der Waals surface area contributed by atoms with E-state index in [9.17, 15) is 9.59 Å². The van der Waals surface area contributed by atoms with Crippen molar-refractivity contribution in [1.29, 1.82) is 0 Å². The zero-order valence-electron chi connectivity index (χ0n) is 15.5. The smallest absolute Gasteiger partial charge is 0.310 e. The molecule has 1 unspecified atom stereocenters. The van der Waals surface area contributed by atoms with E-state index in [0.29, 0.717) is 26.1 Å². The summed E-state index contributed by atoms with van der Waals surface area (Å²) in [6.45, 7) is 4.60. The van der Waals surface area contributed by atoms with Crippen molar-refractivity contribution in [2.45, 2.75) is 45.4 Å². The van der Waals surface area contributed by atoms with E-state index in [1.807, 2.05) is 13.0 Å². The molecule has 1 atom stereocenters. The number of rotatable bonds is 6. The van der Waals surface area contributed by atoms with E-state index in [1.165, 1.54) is 17.5 Å². The molecule has 1 aromatic rings. The van der Waals surface area contributed by atoms with E-state index in [4.69, 9.17) is 4.74 Å². The number of carbonyl (C=O) groups excluding carboxylic acids is 2. The molecule has 26 heavy (non-hydrogen) atoms. The normalized spacial score (nSPS) is 19.3. The Hall–Kier alpha value is -1.59. The van der Waals surface area contributed by atoms with Gasteiger partial charge >= 0.3 is 5.97 Å². The molecule has 1 aliphatic heterocycles. The predicted molar refractivity (Wildman–Crippen MR) is 105 cm³/mol. The number of ether oxygens (including phenoxy) is 1. The zero-order chi connectivity index (χ0) is 17.6. The van der Waals surface area contributed by atoms with Gasteiger partial charge in [0, 0.05) is 25.2 Å². The number of anilines is 1. The highest BCUT2D eigenvalue weighted by atomic mass is 35.5. The van der Waals surface area contributed by atoms with E-state index < -0.39 is 0 Å². The molecule has 0 radical (unpaired) electrons. The summed E-state index contributed by atoms with van der Waals surface area (Å²) in [7, 11) is 0. The zero-order valence-corrected chi connectivity index (χ0v) is 16.3. The fourth-order valence-corrected chi connectivity index (χ4v) is 3.84. The molecule has 6 heteroatoms. The van der Waals surface area contributed by atoms with Crippen LogP contribution < -0.4 is 5.32 Å². The molecule has 1 N–H and O–H groups in total. The number of amides is 1. The Bertz CT molecular complexity index is 635. The van der Waals surface area contributed by atoms with Crippen molar-refractivity contribution in [2.24, 2.45) is 5.92 Å². The van der Waals surface area contributed by atoms with Gasteiger partial charge in [-0.2, -0.15) is 0 Å². The molecule has 3 rings (SSSR count). The minimum Gasteiger partial charge on any atom is -0.466 e. The van der Waals surface area contributed by atoms with Crippen LogP contribution >= 0.6 is 12.4 Å². The van der Waals surface area contributed by atoms with Crippen LogP contribution in [0, 0.1) is 5.92 Å². The van der Waals surface area contributed by atoms with Gasteiger partial charge in [-0.1, -0.05) is 6.07 Å². The lowest BCUT2D eigenvalue weighted by molar-refractivity contribution is -0.149. The number of hydrogen-bond donors (Lipinski definition) is 1. The van der Waals surface area contributed by atoms with Crippen LogP contribution in [0.4, 0.5) is 5.69 Å². The van der Waals surface area contributed by atoms with Gasteiger partial charge < -0.3 is 15.0 Å². The summed E-state index contributed by atoms with van der Waals surface area (Å²) >= 11 is 0. The minimum atomic E-state index is -0.102. The number of piperidine rings is 1. The molecule has 144 valence electrons. The number of fused-ring (bicyclic) bond motifs is 1. The molecule has 1 fully saturated rings. The Morgan fingerprint density at radius 3 is 2.85 bits per heavy atom. The van der Waals surface area contributed by atoms with E-state index in [-0.39, 0.29) is 30.2 Å². The number of hydrogen-bond acceptors (Lipinski definition) is 4. The summed E-state index contributed by atoms with van der Waals surface area (Å²) in [5.41, 5.74) is 3.68. The highest BCUT2D eigenvalue weighted by Crippen LogP contribution is 2.25. The number of aryl methyl sites for hydroxylation is 2. The van der Waals surface area contributed by atoms with Crippen molar-refractivity contribution < 1.29 is 14.3 Å². The van der Waals surface area contributed by atoms with E-state index in [1.54, 1.807) is 0 Å². The van der Waals surface area contributed by atoms with Gasteiger partial charge in [-0.25, -0.2) is 0 Å². The van der Waals surface area contributed by atoms with Crippen molar-refractivity contribution in [3.63, 3.8) is 0 Å². The van der Waals surface area contributed by atoms with E-state index in [0.717, 1.165) is 37.9 Å². The van der Waals surface area contributed by atoms with E-state index >= 15 is 0 Å². The first-order valence-corrected chi connectivity index (χ1v) is 9.46. The molecule has 0 spiro atoms. The highest BCUT2D eigenvalue weighted by molar-refractivity contribution is 5.91. The quantitative estimate of drug-likeness (QED) is 0.770. The molecule has 1 aromatic carbocycles. The summed E-state index contributed by atoms with van der Waals surface area (Å²) in [6, 6.07) is 6.24. The maximum Gasteiger partial charge on any atom is 0.310 e. The van der Waals surface area contributed by atoms with Crippen molar-refractivity contribution >= 4 is 30.0 Å². The maximum atomic E-state index is 12.2. The van der Waals surface area contributed by atoms with Gasteiger partial charge in [-0.3, -0.25) is 9.59 Å². The number of esters is 1. The van der Waals surface area contributed by atoms with Crippen LogP contribution in [0.2, 0.25) is 0 Å². The third kappa shape index (κ3) is 5.45. The summed E-state index contributed by atoms with van der Waals surface area (Å²) in [5, 5.41) is 3.01. The minimum absolute atomic E-state index is 0. The van der Waals surface area contributed by atoms with Crippen LogP contribution in [0.5, 0.6) is 0 Å². The molecule has 0 aromatic heterocycles. The second-order valence-corrected chi connectivity index (χ2v) is 7.03. The maximum absolute atomic E-state index is 12.2. The fraction of sp³-hybridized carbons (Fsp3) is 0.600. The Kier molecular flexibility index (Phi) is 7.91. The van der Waals surface area contributed by atoms with Crippen molar-refractivity contribution in [2.75, 3.05) is 31.6 Å². The SMILES string of the molecule is CCOC(=O)C1CCCN(CCC(=O)Nc2ccc3c(c2)CCC3)C1.Cl. The van der Waals surface area contributed by atoms with Gasteiger partial charge in [0.15, 0.2) is 0 Å². The molecule has 1 amide bonds. The number of nitrogens with zero attached hydrogens (tertiary/aromatic N) is 1. The standard InChI is InChI=1S/C20H28N2O3.ClH/c1-2-25-20(24)17-7-4-11-22(14-17)12-10-19(23)21-18-9-8-15-5-3-6-16(15)13-18;/h8-9,13,17H,2-7,10-12,14H2,1H3,(H,21,23);1H. The first kappa shape index (κ1) is 20.7. The predicted octanol–water partition coefficient (Wildman–Crippen LogP) is 3.20. The molecule has 1 heterocycles. The number of benzene rings is 1. The molecule has 1 saturated heterocycles. The van der Waals surface area contributed by atoms with E-state index in [2.05, 4.69) is 22.3 Å². The molecular weight excluding hydrogens is 352 g/mol. The average Bonchev–Trinajstić information content (AvgIpc) is 3.08. The summed E-state index contributed by atoms with van der Waals surface area (Å²) in [5.74, 6) is -0.112. The average molecular weight is 381 g/mol. The molecule has 1 aliphatic carbocycles. The highest BCUT2D eigenvalue weighted by Gasteiger charge is 2.26. The number of nitrogens with one attached hydrogen (secondary N) is 1. The first-order valence-electron chi connectivity index (χ1n) is 9.46. The second-order valence-electron chi connectivity index (χ2n) is 7.03. The Balaban J connectivity index is 0.00000243. The lowest BCUT2D eigenvalue weighted by Crippen LogP contribution is -2.40. The third-order valence-corrected chi connectivity index (χ3v) is 5.16. The van der Waals surface area contributed by atoms with Crippen LogP contribution in [0.15, 0.2) is 18.2 Å². The molecular formula is C20H29ClN2O3. The topological polar surface area (TPSA) is 58.6 Å². The van der Waals surface area contributed by atoms with Gasteiger partial charge in [0.05, 0.1) is 12.5 Å². The largest absolute Gasteiger partial charge is 0.466 e. The number of likely N-dealkylation sites (tertiary alicyclic amines) is 1. The van der Waals surface area contributed by atoms with Crippen molar-refractivity contribution in [3.05, 3.63) is 29.3 Å². The summed E-state index contributed by atoms with van der Waals surface area (Å²) < 4.78 is 5.13. The molecule has 0 bridgehead atoms. The first-order chi connectivity index (χ1) is 12.2. The second kappa shape index (κ2) is 9.93. The van der Waals surface area contributed by atoms with Crippen molar-refractivity contribution in [3.8, 4) is 0 Å². The third-order valence-electron chi connectivity index (χ3n) is 5.16. The van der Waals surface area contributed by atoms with Gasteiger partial charge in [0.25, 0.3) is 0 Å². The van der Waals surface area contributed by atoms with Gasteiger partial charge in [0.2, 0.25) is 5.91 Å². The molecule has 2 aliphatic rings. The van der Waals surface area contributed by atoms with Crippen LogP contribution in [-0.2, 0) is 27.2 Å². The van der Waals surface area contributed by atoms with Crippen molar-refractivity contribution in [1.82, 2.24) is 4.90 Å². The Labute approximate surface area is 161 Å². The lowest BCUT2D eigenvalue weighted by atomic mass is 9.98. The summed E-state index contributed by atoms with van der Waals surface area (Å²) in [6.07, 6.45) is 5.80. The van der Waals surface area contributed by atoms with Crippen LogP contribution in [-0.4, -0.2) is 43.0 Å². The summed E-state index contributed by atoms with van der Waals surface area (Å²) in [4.78, 5) is 26.3. The Morgan fingerprint density at radius 1 is 1.23 bits per heavy atom. The van der Waals surface area contributed by atoms with Gasteiger partial charge in [-0.15, -0.1) is 12.4 Å². The fourth-order valence-electron chi connectivity index (χ4n) is 3.84. The Morgan fingerprint density at radius 2 is 2.04 bits per heavy atom. The van der Waals surface area contributed by atoms with Crippen LogP contribution in [0.1, 0.15) is 43.7 Å². The van der Waals surface area contributed by atoms with Gasteiger partial charge in [-0.05, 0) is 68.8 Å².